The van der Waals surface area contributed by atoms with E-state index in [-0.39, 0.29) is 0 Å². The number of rotatable bonds is 6. The highest BCUT2D eigenvalue weighted by Crippen LogP contribution is 2.42. The van der Waals surface area contributed by atoms with Gasteiger partial charge in [-0.1, -0.05) is 48.5 Å². The molecule has 6 nitrogen and oxygen atoms in total. The van der Waals surface area contributed by atoms with Crippen LogP contribution in [0.5, 0.6) is 0 Å². The average Bonchev–Trinajstić information content (AvgIpc) is 3.80. The van der Waals surface area contributed by atoms with Crippen LogP contribution >= 0.6 is 0 Å². The second kappa shape index (κ2) is 13.2. The summed E-state index contributed by atoms with van der Waals surface area (Å²) in [5, 5.41) is 27.3. The zero-order chi connectivity index (χ0) is 38.7. The fraction of sp³-hybridized carbons (Fsp3) is 0. The summed E-state index contributed by atoms with van der Waals surface area (Å²) in [7, 11) is 0. The van der Waals surface area contributed by atoms with Gasteiger partial charge in [-0.2, -0.15) is 10.5 Å². The molecule has 0 saturated carbocycles. The summed E-state index contributed by atoms with van der Waals surface area (Å²) >= 11 is 0. The van der Waals surface area contributed by atoms with Crippen molar-refractivity contribution in [3.8, 4) is 12.1 Å². The van der Waals surface area contributed by atoms with E-state index in [1.165, 1.54) is 0 Å². The van der Waals surface area contributed by atoms with Gasteiger partial charge in [-0.05, 0) is 149 Å². The zero-order valence-corrected chi connectivity index (χ0v) is 30.9. The van der Waals surface area contributed by atoms with Gasteiger partial charge in [0.2, 0.25) is 0 Å². The molecule has 58 heavy (non-hydrogen) atoms. The van der Waals surface area contributed by atoms with Crippen LogP contribution in [-0.4, -0.2) is 0 Å². The van der Waals surface area contributed by atoms with Gasteiger partial charge >= 0.3 is 0 Å². The Hall–Kier alpha value is -8.32. The third kappa shape index (κ3) is 5.48. The lowest BCUT2D eigenvalue weighted by Gasteiger charge is -2.25. The van der Waals surface area contributed by atoms with E-state index in [0.29, 0.717) is 11.1 Å². The number of para-hydroxylation sites is 2. The van der Waals surface area contributed by atoms with Gasteiger partial charge in [0.25, 0.3) is 0 Å². The van der Waals surface area contributed by atoms with Crippen LogP contribution in [0.15, 0.2) is 191 Å². The molecule has 0 bridgehead atoms. The molecular formula is C52H30N4O2. The molecule has 0 radical (unpaired) electrons. The van der Waals surface area contributed by atoms with Crippen LogP contribution in [0.3, 0.4) is 0 Å². The molecule has 0 aliphatic heterocycles. The van der Waals surface area contributed by atoms with Crippen LogP contribution in [0, 0.1) is 22.7 Å². The first-order valence-electron chi connectivity index (χ1n) is 19.0. The smallest absolute Gasteiger partial charge is 0.139 e. The monoisotopic (exact) mass is 742 g/mol. The van der Waals surface area contributed by atoms with Crippen LogP contribution < -0.4 is 9.80 Å². The Kier molecular flexibility index (Phi) is 7.50. The van der Waals surface area contributed by atoms with Crippen LogP contribution in [0.1, 0.15) is 11.1 Å². The second-order valence-corrected chi connectivity index (χ2v) is 14.5. The number of nitriles is 2. The summed E-state index contributed by atoms with van der Waals surface area (Å²) in [6.07, 6.45) is 0. The fourth-order valence-electron chi connectivity index (χ4n) is 8.20. The first kappa shape index (κ1) is 33.1. The minimum absolute atomic E-state index is 0.623. The van der Waals surface area contributed by atoms with E-state index < -0.39 is 0 Å². The van der Waals surface area contributed by atoms with Gasteiger partial charge in [0, 0.05) is 61.7 Å². The Bertz CT molecular complexity index is 3240. The number of fused-ring (bicyclic) bond motifs is 8. The Balaban J connectivity index is 0.997. The molecule has 2 aromatic heterocycles. The van der Waals surface area contributed by atoms with Crippen molar-refractivity contribution in [2.75, 3.05) is 9.80 Å². The maximum atomic E-state index is 9.40. The van der Waals surface area contributed by atoms with Crippen molar-refractivity contribution in [3.63, 3.8) is 0 Å². The van der Waals surface area contributed by atoms with Crippen molar-refractivity contribution >= 4 is 99.5 Å². The largest absolute Gasteiger partial charge is 0.456 e. The molecule has 0 unspecified atom stereocenters. The van der Waals surface area contributed by atoms with E-state index in [0.717, 1.165) is 99.5 Å². The third-order valence-electron chi connectivity index (χ3n) is 11.0. The standard InChI is InChI=1S/C52H30N4O2/c53-31-33-11-17-41(18-12-33)55(39-7-3-1-4-8-39)43-21-15-35-25-45-47-29-48-46-26-36-16-22-44(56(40-9-5-2-6-10-40)42-19-13-34(32-54)14-20-42)24-38(36)28-50(46)58-52(48)30-51(47)57-49(45)27-37(35)23-43/h1-30H. The van der Waals surface area contributed by atoms with Gasteiger partial charge in [-0.25, -0.2) is 0 Å². The Morgan fingerprint density at radius 2 is 0.672 bits per heavy atom. The topological polar surface area (TPSA) is 80.3 Å². The normalized spacial score (nSPS) is 11.4. The van der Waals surface area contributed by atoms with Gasteiger partial charge in [-0.3, -0.25) is 0 Å². The second-order valence-electron chi connectivity index (χ2n) is 14.5. The van der Waals surface area contributed by atoms with Gasteiger partial charge in [0.15, 0.2) is 0 Å². The summed E-state index contributed by atoms with van der Waals surface area (Å²) in [5.74, 6) is 0. The lowest BCUT2D eigenvalue weighted by molar-refractivity contribution is 0.656. The molecular weight excluding hydrogens is 713 g/mol. The van der Waals surface area contributed by atoms with Crippen molar-refractivity contribution in [1.82, 2.24) is 0 Å². The molecule has 0 spiro atoms. The summed E-state index contributed by atoms with van der Waals surface area (Å²) in [5.41, 5.74) is 10.4. The quantitative estimate of drug-likeness (QED) is 0.169. The summed E-state index contributed by atoms with van der Waals surface area (Å²) < 4.78 is 13.1. The first-order chi connectivity index (χ1) is 28.6. The maximum Gasteiger partial charge on any atom is 0.139 e. The van der Waals surface area contributed by atoms with E-state index >= 15 is 0 Å². The van der Waals surface area contributed by atoms with Crippen molar-refractivity contribution in [2.45, 2.75) is 0 Å². The summed E-state index contributed by atoms with van der Waals surface area (Å²) in [4.78, 5) is 4.39. The predicted molar refractivity (Wildman–Crippen MR) is 235 cm³/mol. The van der Waals surface area contributed by atoms with Crippen LogP contribution in [0.2, 0.25) is 0 Å². The number of hydrogen-bond acceptors (Lipinski definition) is 6. The summed E-state index contributed by atoms with van der Waals surface area (Å²) in [6, 6.07) is 66.1. The third-order valence-corrected chi connectivity index (χ3v) is 11.0. The zero-order valence-electron chi connectivity index (χ0n) is 30.9. The van der Waals surface area contributed by atoms with Gasteiger partial charge < -0.3 is 18.6 Å². The highest BCUT2D eigenvalue weighted by atomic mass is 16.3. The fourth-order valence-corrected chi connectivity index (χ4v) is 8.20. The number of hydrogen-bond donors (Lipinski definition) is 0. The first-order valence-corrected chi connectivity index (χ1v) is 19.0. The van der Waals surface area contributed by atoms with E-state index in [1.54, 1.807) is 0 Å². The van der Waals surface area contributed by atoms with Crippen molar-refractivity contribution in [1.29, 1.82) is 10.5 Å². The predicted octanol–water partition coefficient (Wildman–Crippen LogP) is 14.5. The highest BCUT2D eigenvalue weighted by Gasteiger charge is 2.18. The van der Waals surface area contributed by atoms with E-state index in [1.807, 2.05) is 91.0 Å². The molecule has 0 aliphatic rings. The van der Waals surface area contributed by atoms with E-state index in [2.05, 4.69) is 113 Å². The molecule has 0 atom stereocenters. The molecule has 0 fully saturated rings. The highest BCUT2D eigenvalue weighted by molar-refractivity contribution is 6.18. The minimum Gasteiger partial charge on any atom is -0.456 e. The SMILES string of the molecule is N#Cc1ccc(N(c2ccccc2)c2ccc3cc4c(cc3c2)oc2cc3oc5cc6cc(N(c7ccccc7)c7ccc(C#N)cc7)ccc6cc5c3cc24)cc1. The van der Waals surface area contributed by atoms with Crippen molar-refractivity contribution in [3.05, 3.63) is 193 Å². The van der Waals surface area contributed by atoms with Crippen LogP contribution in [0.4, 0.5) is 34.1 Å². The molecule has 11 aromatic rings. The Labute approximate surface area is 332 Å². The van der Waals surface area contributed by atoms with Gasteiger partial charge in [0.1, 0.15) is 22.3 Å². The lowest BCUT2D eigenvalue weighted by Crippen LogP contribution is -2.09. The number of anilines is 6. The molecule has 0 amide bonds. The molecule has 0 aliphatic carbocycles. The van der Waals surface area contributed by atoms with E-state index in [4.69, 9.17) is 8.83 Å². The molecule has 270 valence electrons. The molecule has 6 heteroatoms. The Morgan fingerprint density at radius 3 is 1.09 bits per heavy atom. The van der Waals surface area contributed by atoms with Gasteiger partial charge in [-0.15, -0.1) is 0 Å². The molecule has 0 N–H and O–H groups in total. The number of furan rings is 2. The number of benzene rings is 9. The maximum absolute atomic E-state index is 9.40. The van der Waals surface area contributed by atoms with Crippen molar-refractivity contribution < 1.29 is 8.83 Å². The van der Waals surface area contributed by atoms with Gasteiger partial charge in [0.05, 0.1) is 23.3 Å². The Morgan fingerprint density at radius 1 is 0.310 bits per heavy atom. The van der Waals surface area contributed by atoms with Crippen LogP contribution in [0.25, 0.3) is 65.4 Å². The summed E-state index contributed by atoms with van der Waals surface area (Å²) in [6.45, 7) is 0. The molecule has 2 heterocycles. The minimum atomic E-state index is 0.623. The number of nitrogens with zero attached hydrogens (tertiary/aromatic N) is 4. The lowest BCUT2D eigenvalue weighted by atomic mass is 10.0. The molecule has 0 saturated heterocycles. The average molecular weight is 743 g/mol. The molecule has 11 rings (SSSR count). The van der Waals surface area contributed by atoms with Crippen molar-refractivity contribution in [2.24, 2.45) is 0 Å². The molecule has 9 aromatic carbocycles. The van der Waals surface area contributed by atoms with E-state index in [9.17, 15) is 10.5 Å². The van der Waals surface area contributed by atoms with Crippen LogP contribution in [-0.2, 0) is 0 Å².